The Kier molecular flexibility index (Phi) is 4.27. The van der Waals surface area contributed by atoms with E-state index in [0.29, 0.717) is 17.4 Å². The fourth-order valence-electron chi connectivity index (χ4n) is 1.20. The van der Waals surface area contributed by atoms with E-state index in [0.717, 1.165) is 0 Å². The van der Waals surface area contributed by atoms with E-state index in [1.54, 1.807) is 19.1 Å². The third kappa shape index (κ3) is 2.95. The summed E-state index contributed by atoms with van der Waals surface area (Å²) < 4.78 is 4.68. The number of esters is 1. The Bertz CT molecular complexity index is 421. The monoisotopic (exact) mass is 220 g/mol. The van der Waals surface area contributed by atoms with Gasteiger partial charge in [0.05, 0.1) is 6.61 Å². The number of rotatable bonds is 4. The molecule has 0 bridgehead atoms. The number of phenols is 1. The van der Waals surface area contributed by atoms with Crippen LogP contribution >= 0.6 is 0 Å². The molecule has 0 aromatic heterocycles. The number of carbonyl (C=O) groups excluding carboxylic acids is 2. The molecular weight excluding hydrogens is 208 g/mol. The van der Waals surface area contributed by atoms with Crippen LogP contribution in [0.3, 0.4) is 0 Å². The van der Waals surface area contributed by atoms with Crippen molar-refractivity contribution in [1.82, 2.24) is 0 Å². The van der Waals surface area contributed by atoms with Gasteiger partial charge in [-0.1, -0.05) is 12.1 Å². The lowest BCUT2D eigenvalue weighted by atomic mass is 10.1. The van der Waals surface area contributed by atoms with Gasteiger partial charge in [0.25, 0.3) is 0 Å². The Morgan fingerprint density at radius 3 is 2.88 bits per heavy atom. The molecule has 0 atom stereocenters. The number of aromatic hydroxyl groups is 1. The Morgan fingerprint density at radius 1 is 1.50 bits per heavy atom. The second kappa shape index (κ2) is 5.70. The van der Waals surface area contributed by atoms with Crippen LogP contribution in [0.25, 0.3) is 6.08 Å². The van der Waals surface area contributed by atoms with Crippen molar-refractivity contribution in [3.63, 3.8) is 0 Å². The quantitative estimate of drug-likeness (QED) is 0.477. The Balaban J connectivity index is 2.95. The van der Waals surface area contributed by atoms with Crippen molar-refractivity contribution in [3.8, 4) is 5.75 Å². The molecule has 0 heterocycles. The van der Waals surface area contributed by atoms with E-state index in [1.807, 2.05) is 0 Å². The molecule has 0 radical (unpaired) electrons. The molecule has 1 aromatic carbocycles. The van der Waals surface area contributed by atoms with Gasteiger partial charge in [-0.15, -0.1) is 0 Å². The van der Waals surface area contributed by atoms with Crippen LogP contribution in [0.2, 0.25) is 0 Å². The fraction of sp³-hybridized carbons (Fsp3) is 0.167. The molecule has 0 saturated heterocycles. The van der Waals surface area contributed by atoms with Crippen LogP contribution in [0.5, 0.6) is 5.75 Å². The molecule has 4 nitrogen and oxygen atoms in total. The van der Waals surface area contributed by atoms with E-state index < -0.39 is 5.97 Å². The van der Waals surface area contributed by atoms with Crippen LogP contribution in [-0.4, -0.2) is 24.0 Å². The first-order valence-electron chi connectivity index (χ1n) is 4.81. The molecule has 0 fully saturated rings. The third-order valence-electron chi connectivity index (χ3n) is 1.92. The number of carbonyl (C=O) groups is 2. The summed E-state index contributed by atoms with van der Waals surface area (Å²) >= 11 is 0. The highest BCUT2D eigenvalue weighted by atomic mass is 16.5. The van der Waals surface area contributed by atoms with Crippen molar-refractivity contribution in [3.05, 3.63) is 35.4 Å². The number of benzene rings is 1. The summed E-state index contributed by atoms with van der Waals surface area (Å²) in [7, 11) is 0. The van der Waals surface area contributed by atoms with Gasteiger partial charge >= 0.3 is 5.97 Å². The molecule has 1 aromatic rings. The first kappa shape index (κ1) is 12.0. The molecule has 84 valence electrons. The van der Waals surface area contributed by atoms with E-state index in [9.17, 15) is 14.7 Å². The van der Waals surface area contributed by atoms with E-state index in [2.05, 4.69) is 4.74 Å². The molecule has 0 aliphatic rings. The first-order valence-corrected chi connectivity index (χ1v) is 4.81. The van der Waals surface area contributed by atoms with Gasteiger partial charge in [-0.3, -0.25) is 4.79 Å². The standard InChI is InChI=1S/C12H12O4/c1-2-16-12(15)7-6-10-9(8-13)4-3-5-11(10)14/h3-8,14H,2H2,1H3. The number of aldehydes is 1. The smallest absolute Gasteiger partial charge is 0.330 e. The molecule has 0 amide bonds. The lowest BCUT2D eigenvalue weighted by Crippen LogP contribution is -1.99. The normalized spacial score (nSPS) is 10.3. The Hall–Kier alpha value is -2.10. The minimum atomic E-state index is -0.511. The second-order valence-corrected chi connectivity index (χ2v) is 2.98. The summed E-state index contributed by atoms with van der Waals surface area (Å²) in [5, 5.41) is 9.50. The SMILES string of the molecule is CCOC(=O)C=Cc1c(O)cccc1C=O. The molecular formula is C12H12O4. The molecule has 0 spiro atoms. The van der Waals surface area contributed by atoms with Crippen LogP contribution in [-0.2, 0) is 9.53 Å². The van der Waals surface area contributed by atoms with Crippen LogP contribution in [0.4, 0.5) is 0 Å². The van der Waals surface area contributed by atoms with Gasteiger partial charge < -0.3 is 9.84 Å². The maximum Gasteiger partial charge on any atom is 0.330 e. The number of hydrogen-bond acceptors (Lipinski definition) is 4. The molecule has 0 saturated carbocycles. The third-order valence-corrected chi connectivity index (χ3v) is 1.92. The fourth-order valence-corrected chi connectivity index (χ4v) is 1.20. The van der Waals surface area contributed by atoms with Gasteiger partial charge in [0.15, 0.2) is 6.29 Å². The van der Waals surface area contributed by atoms with Crippen molar-refractivity contribution in [2.24, 2.45) is 0 Å². The number of phenolic OH excluding ortho intramolecular Hbond substituents is 1. The van der Waals surface area contributed by atoms with Crippen LogP contribution in [0.1, 0.15) is 22.8 Å². The number of hydrogen-bond donors (Lipinski definition) is 1. The highest BCUT2D eigenvalue weighted by molar-refractivity contribution is 5.91. The second-order valence-electron chi connectivity index (χ2n) is 2.98. The summed E-state index contributed by atoms with van der Waals surface area (Å²) in [5.41, 5.74) is 0.631. The minimum Gasteiger partial charge on any atom is -0.507 e. The van der Waals surface area contributed by atoms with Crippen LogP contribution in [0, 0.1) is 0 Å². The zero-order valence-electron chi connectivity index (χ0n) is 8.84. The van der Waals surface area contributed by atoms with E-state index in [1.165, 1.54) is 18.2 Å². The van der Waals surface area contributed by atoms with Crippen molar-refractivity contribution in [2.75, 3.05) is 6.61 Å². The van der Waals surface area contributed by atoms with Gasteiger partial charge in [-0.05, 0) is 19.1 Å². The lowest BCUT2D eigenvalue weighted by molar-refractivity contribution is -0.137. The highest BCUT2D eigenvalue weighted by Crippen LogP contribution is 2.21. The van der Waals surface area contributed by atoms with Crippen molar-refractivity contribution < 1.29 is 19.4 Å². The largest absolute Gasteiger partial charge is 0.507 e. The van der Waals surface area contributed by atoms with Crippen molar-refractivity contribution >= 4 is 18.3 Å². The number of ether oxygens (including phenoxy) is 1. The van der Waals surface area contributed by atoms with E-state index in [-0.39, 0.29) is 12.4 Å². The Morgan fingerprint density at radius 2 is 2.25 bits per heavy atom. The predicted molar refractivity (Wildman–Crippen MR) is 59.2 cm³/mol. The minimum absolute atomic E-state index is 0.0508. The summed E-state index contributed by atoms with van der Waals surface area (Å²) in [6.45, 7) is 1.98. The molecule has 4 heteroatoms. The summed E-state index contributed by atoms with van der Waals surface area (Å²) in [6, 6.07) is 4.55. The summed E-state index contributed by atoms with van der Waals surface area (Å²) in [4.78, 5) is 21.7. The Labute approximate surface area is 93.2 Å². The van der Waals surface area contributed by atoms with Gasteiger partial charge in [0.2, 0.25) is 0 Å². The maximum atomic E-state index is 11.0. The molecule has 0 unspecified atom stereocenters. The van der Waals surface area contributed by atoms with Gasteiger partial charge in [-0.25, -0.2) is 4.79 Å². The molecule has 16 heavy (non-hydrogen) atoms. The van der Waals surface area contributed by atoms with Gasteiger partial charge in [0.1, 0.15) is 5.75 Å². The van der Waals surface area contributed by atoms with Crippen molar-refractivity contribution in [1.29, 1.82) is 0 Å². The van der Waals surface area contributed by atoms with E-state index in [4.69, 9.17) is 0 Å². The van der Waals surface area contributed by atoms with Gasteiger partial charge in [0, 0.05) is 17.2 Å². The lowest BCUT2D eigenvalue weighted by Gasteiger charge is -2.01. The summed E-state index contributed by atoms with van der Waals surface area (Å²) in [6.07, 6.45) is 3.15. The van der Waals surface area contributed by atoms with Gasteiger partial charge in [-0.2, -0.15) is 0 Å². The highest BCUT2D eigenvalue weighted by Gasteiger charge is 2.04. The molecule has 0 aliphatic carbocycles. The van der Waals surface area contributed by atoms with Crippen LogP contribution < -0.4 is 0 Å². The maximum absolute atomic E-state index is 11.0. The first-order chi connectivity index (χ1) is 7.69. The average Bonchev–Trinajstić information content (AvgIpc) is 2.27. The van der Waals surface area contributed by atoms with Crippen LogP contribution in [0.15, 0.2) is 24.3 Å². The van der Waals surface area contributed by atoms with Crippen molar-refractivity contribution in [2.45, 2.75) is 6.92 Å². The molecule has 0 aliphatic heterocycles. The molecule has 1 rings (SSSR count). The van der Waals surface area contributed by atoms with E-state index >= 15 is 0 Å². The zero-order chi connectivity index (χ0) is 12.0. The molecule has 1 N–H and O–H groups in total. The topological polar surface area (TPSA) is 63.6 Å². The average molecular weight is 220 g/mol. The summed E-state index contributed by atoms with van der Waals surface area (Å²) in [5.74, 6) is -0.562. The zero-order valence-corrected chi connectivity index (χ0v) is 8.84. The predicted octanol–water partition coefficient (Wildman–Crippen LogP) is 1.78.